The summed E-state index contributed by atoms with van der Waals surface area (Å²) >= 11 is 0. The van der Waals surface area contributed by atoms with Gasteiger partial charge < -0.3 is 14.0 Å². The summed E-state index contributed by atoms with van der Waals surface area (Å²) < 4.78 is 15.9. The van der Waals surface area contributed by atoms with Gasteiger partial charge >= 0.3 is 0 Å². The van der Waals surface area contributed by atoms with Gasteiger partial charge in [0.05, 0.1) is 7.11 Å². The lowest BCUT2D eigenvalue weighted by Gasteiger charge is -2.01. The van der Waals surface area contributed by atoms with Gasteiger partial charge in [0.25, 0.3) is 5.89 Å². The molecule has 5 heteroatoms. The minimum Gasteiger partial charge on any atom is -0.497 e. The van der Waals surface area contributed by atoms with Crippen LogP contribution in [0.1, 0.15) is 24.8 Å². The molecule has 0 saturated carbocycles. The first-order valence-corrected chi connectivity index (χ1v) is 5.96. The van der Waals surface area contributed by atoms with Crippen LogP contribution in [-0.2, 0) is 4.74 Å². The van der Waals surface area contributed by atoms with Gasteiger partial charge in [0.15, 0.2) is 0 Å². The minimum atomic E-state index is -0.0446. The Hall–Kier alpha value is -1.88. The average Bonchev–Trinajstić information content (AvgIpc) is 3.09. The normalized spacial score (nSPS) is 19.1. The van der Waals surface area contributed by atoms with Gasteiger partial charge in [0, 0.05) is 12.2 Å². The third kappa shape index (κ3) is 2.09. The molecule has 0 spiro atoms. The first-order valence-electron chi connectivity index (χ1n) is 5.96. The van der Waals surface area contributed by atoms with Crippen LogP contribution in [0.15, 0.2) is 28.8 Å². The average molecular weight is 246 g/mol. The van der Waals surface area contributed by atoms with Gasteiger partial charge in [0.1, 0.15) is 11.9 Å². The molecule has 2 heterocycles. The van der Waals surface area contributed by atoms with E-state index in [-0.39, 0.29) is 6.10 Å². The van der Waals surface area contributed by atoms with Gasteiger partial charge in [-0.25, -0.2) is 0 Å². The second-order valence-electron chi connectivity index (χ2n) is 4.19. The van der Waals surface area contributed by atoms with E-state index in [0.717, 1.165) is 30.8 Å². The highest BCUT2D eigenvalue weighted by molar-refractivity contribution is 5.56. The zero-order valence-corrected chi connectivity index (χ0v) is 10.1. The molecule has 0 bridgehead atoms. The summed E-state index contributed by atoms with van der Waals surface area (Å²) in [5.74, 6) is 1.90. The highest BCUT2D eigenvalue weighted by Gasteiger charge is 2.24. The molecule has 1 fully saturated rings. The topological polar surface area (TPSA) is 57.4 Å². The van der Waals surface area contributed by atoms with Crippen LogP contribution in [0.5, 0.6) is 5.75 Å². The predicted molar refractivity (Wildman–Crippen MR) is 64.2 cm³/mol. The molecule has 0 radical (unpaired) electrons. The molecule has 1 aliphatic heterocycles. The number of hydrogen-bond acceptors (Lipinski definition) is 5. The van der Waals surface area contributed by atoms with Crippen molar-refractivity contribution in [1.29, 1.82) is 0 Å². The van der Waals surface area contributed by atoms with E-state index in [1.807, 2.05) is 24.3 Å². The molecular formula is C13H14N2O3. The molecule has 0 aliphatic carbocycles. The van der Waals surface area contributed by atoms with E-state index in [0.29, 0.717) is 11.7 Å². The van der Waals surface area contributed by atoms with Crippen molar-refractivity contribution >= 4 is 0 Å². The summed E-state index contributed by atoms with van der Waals surface area (Å²) in [6.45, 7) is 0.765. The molecule has 1 aromatic heterocycles. The van der Waals surface area contributed by atoms with Crippen LogP contribution in [0.2, 0.25) is 0 Å². The molecule has 1 aliphatic rings. The van der Waals surface area contributed by atoms with Crippen molar-refractivity contribution in [1.82, 2.24) is 10.1 Å². The van der Waals surface area contributed by atoms with Gasteiger partial charge in [-0.1, -0.05) is 17.3 Å². The third-order valence-electron chi connectivity index (χ3n) is 2.97. The van der Waals surface area contributed by atoms with Gasteiger partial charge in [-0.2, -0.15) is 4.98 Å². The molecule has 1 aromatic carbocycles. The summed E-state index contributed by atoms with van der Waals surface area (Å²) in [4.78, 5) is 4.38. The number of benzene rings is 1. The van der Waals surface area contributed by atoms with E-state index >= 15 is 0 Å². The van der Waals surface area contributed by atoms with E-state index < -0.39 is 0 Å². The third-order valence-corrected chi connectivity index (χ3v) is 2.97. The van der Waals surface area contributed by atoms with E-state index in [1.165, 1.54) is 0 Å². The first-order chi connectivity index (χ1) is 8.86. The second kappa shape index (κ2) is 4.78. The van der Waals surface area contributed by atoms with E-state index in [4.69, 9.17) is 14.0 Å². The number of rotatable bonds is 3. The molecular weight excluding hydrogens is 232 g/mol. The van der Waals surface area contributed by atoms with E-state index in [2.05, 4.69) is 10.1 Å². The first kappa shape index (κ1) is 11.2. The van der Waals surface area contributed by atoms with Gasteiger partial charge in [0.2, 0.25) is 5.82 Å². The Balaban J connectivity index is 1.87. The number of methoxy groups -OCH3 is 1. The van der Waals surface area contributed by atoms with Crippen LogP contribution in [0.4, 0.5) is 0 Å². The summed E-state index contributed by atoms with van der Waals surface area (Å²) in [5.41, 5.74) is 0.877. The zero-order valence-electron chi connectivity index (χ0n) is 10.1. The van der Waals surface area contributed by atoms with E-state index in [1.54, 1.807) is 7.11 Å². The van der Waals surface area contributed by atoms with Crippen molar-refractivity contribution in [3.63, 3.8) is 0 Å². The second-order valence-corrected chi connectivity index (χ2v) is 4.19. The SMILES string of the molecule is COc1cccc(-c2noc([C@H]3CCCO3)n2)c1. The number of hydrogen-bond donors (Lipinski definition) is 0. The van der Waals surface area contributed by atoms with Crippen molar-refractivity contribution in [2.45, 2.75) is 18.9 Å². The van der Waals surface area contributed by atoms with Gasteiger partial charge in [-0.05, 0) is 25.0 Å². The quantitative estimate of drug-likeness (QED) is 0.833. The molecule has 5 nitrogen and oxygen atoms in total. The standard InChI is InChI=1S/C13H14N2O3/c1-16-10-5-2-4-9(8-10)12-14-13(18-15-12)11-6-3-7-17-11/h2,4-5,8,11H,3,6-7H2,1H3/t11-/m1/s1. The molecule has 0 unspecified atom stereocenters. The van der Waals surface area contributed by atoms with Crippen LogP contribution in [-0.4, -0.2) is 23.9 Å². The molecule has 1 saturated heterocycles. The molecule has 0 N–H and O–H groups in total. The molecule has 3 rings (SSSR count). The molecule has 18 heavy (non-hydrogen) atoms. The lowest BCUT2D eigenvalue weighted by molar-refractivity contribution is 0.0835. The maximum Gasteiger partial charge on any atom is 0.256 e. The fraction of sp³-hybridized carbons (Fsp3) is 0.385. The lowest BCUT2D eigenvalue weighted by atomic mass is 10.2. The number of nitrogens with zero attached hydrogens (tertiary/aromatic N) is 2. The monoisotopic (exact) mass is 246 g/mol. The highest BCUT2D eigenvalue weighted by Crippen LogP contribution is 2.29. The Labute approximate surface area is 105 Å². The van der Waals surface area contributed by atoms with Crippen molar-refractivity contribution < 1.29 is 14.0 Å². The van der Waals surface area contributed by atoms with Crippen LogP contribution in [0.3, 0.4) is 0 Å². The Morgan fingerprint density at radius 1 is 1.39 bits per heavy atom. The van der Waals surface area contributed by atoms with Crippen LogP contribution in [0.25, 0.3) is 11.4 Å². The van der Waals surface area contributed by atoms with Crippen molar-refractivity contribution in [2.24, 2.45) is 0 Å². The maximum absolute atomic E-state index is 5.51. The fourth-order valence-electron chi connectivity index (χ4n) is 2.02. The predicted octanol–water partition coefficient (Wildman–Crippen LogP) is 2.60. The number of ether oxygens (including phenoxy) is 2. The van der Waals surface area contributed by atoms with Gasteiger partial charge in [-0.3, -0.25) is 0 Å². The Morgan fingerprint density at radius 2 is 2.33 bits per heavy atom. The summed E-state index contributed by atoms with van der Waals surface area (Å²) in [6.07, 6.45) is 1.94. The minimum absolute atomic E-state index is 0.0446. The van der Waals surface area contributed by atoms with Crippen molar-refractivity contribution in [2.75, 3.05) is 13.7 Å². The molecule has 0 amide bonds. The van der Waals surface area contributed by atoms with Crippen LogP contribution >= 0.6 is 0 Å². The van der Waals surface area contributed by atoms with Crippen LogP contribution < -0.4 is 4.74 Å². The summed E-state index contributed by atoms with van der Waals surface area (Å²) in [6, 6.07) is 7.58. The lowest BCUT2D eigenvalue weighted by Crippen LogP contribution is -1.95. The molecule has 1 atom stereocenters. The largest absolute Gasteiger partial charge is 0.497 e. The summed E-state index contributed by atoms with van der Waals surface area (Å²) in [5, 5.41) is 3.98. The number of aromatic nitrogens is 2. The van der Waals surface area contributed by atoms with Crippen molar-refractivity contribution in [3.05, 3.63) is 30.2 Å². The molecule has 2 aromatic rings. The Bertz CT molecular complexity index is 533. The Morgan fingerprint density at radius 3 is 3.11 bits per heavy atom. The van der Waals surface area contributed by atoms with Gasteiger partial charge in [-0.15, -0.1) is 0 Å². The maximum atomic E-state index is 5.51. The smallest absolute Gasteiger partial charge is 0.256 e. The van der Waals surface area contributed by atoms with Crippen LogP contribution in [0, 0.1) is 0 Å². The van der Waals surface area contributed by atoms with E-state index in [9.17, 15) is 0 Å². The Kier molecular flexibility index (Phi) is 2.98. The van der Waals surface area contributed by atoms with Crippen molar-refractivity contribution in [3.8, 4) is 17.1 Å². The summed E-state index contributed by atoms with van der Waals surface area (Å²) in [7, 11) is 1.63. The molecule has 94 valence electrons. The fourth-order valence-corrected chi connectivity index (χ4v) is 2.02. The zero-order chi connectivity index (χ0) is 12.4. The highest BCUT2D eigenvalue weighted by atomic mass is 16.5.